The second-order valence-corrected chi connectivity index (χ2v) is 35.7. The number of methoxy groups -OCH3 is 5. The van der Waals surface area contributed by atoms with Gasteiger partial charge in [-0.1, -0.05) is 12.1 Å². The summed E-state index contributed by atoms with van der Waals surface area (Å²) in [5.41, 5.74) is -7.11. The van der Waals surface area contributed by atoms with Crippen LogP contribution in [0.4, 0.5) is 0 Å². The van der Waals surface area contributed by atoms with Crippen LogP contribution in [-0.4, -0.2) is 293 Å². The molecule has 0 unspecified atom stereocenters. The first-order chi connectivity index (χ1) is 57.4. The van der Waals surface area contributed by atoms with Gasteiger partial charge < -0.3 is 132 Å². The molecule has 18 rings (SSSR count). The van der Waals surface area contributed by atoms with Gasteiger partial charge in [-0.25, -0.2) is 0 Å². The van der Waals surface area contributed by atoms with Crippen molar-refractivity contribution in [2.24, 2.45) is 5.92 Å². The average Bonchev–Trinajstić information content (AvgIpc) is 1.51. The zero-order valence-electron chi connectivity index (χ0n) is 70.7. The van der Waals surface area contributed by atoms with Gasteiger partial charge in [-0.15, -0.1) is 0 Å². The first-order valence-corrected chi connectivity index (χ1v) is 40.4. The molecule has 0 aromatic heterocycles. The number of benzene rings is 5. The van der Waals surface area contributed by atoms with Crippen LogP contribution in [0.25, 0.3) is 0 Å². The van der Waals surface area contributed by atoms with E-state index in [9.17, 15) is 84.6 Å². The quantitative estimate of drug-likeness (QED) is 0.0497. The van der Waals surface area contributed by atoms with Crippen LogP contribution >= 0.6 is 0 Å². The van der Waals surface area contributed by atoms with Crippen molar-refractivity contribution in [2.75, 3.05) is 77.3 Å². The Hall–Kier alpha value is -9.15. The summed E-state index contributed by atoms with van der Waals surface area (Å²) in [6.07, 6.45) is -8.14. The third-order valence-corrected chi connectivity index (χ3v) is 27.8. The lowest BCUT2D eigenvalue weighted by Gasteiger charge is -2.56. The number of piperidine rings is 1. The Kier molecular flexibility index (Phi) is 21.3. The van der Waals surface area contributed by atoms with Gasteiger partial charge in [0.15, 0.2) is 35.5 Å². The molecule has 0 saturated carbocycles. The number of esters is 3. The molecule has 25 atom stereocenters. The summed E-state index contributed by atoms with van der Waals surface area (Å²) in [5, 5.41) is 114. The van der Waals surface area contributed by atoms with E-state index in [-0.39, 0.29) is 110 Å². The number of aliphatic hydroxyl groups excluding tert-OH is 4. The van der Waals surface area contributed by atoms with Gasteiger partial charge in [0.1, 0.15) is 99.9 Å². The third kappa shape index (κ3) is 12.5. The molecule has 6 aliphatic carbocycles. The minimum atomic E-state index is -1.91. The maximum Gasteiger partial charge on any atom is 0.316 e. The van der Waals surface area contributed by atoms with Gasteiger partial charge in [-0.05, 0) is 149 Å². The fourth-order valence-corrected chi connectivity index (χ4v) is 22.2. The van der Waals surface area contributed by atoms with Gasteiger partial charge in [0.25, 0.3) is 0 Å². The molecule has 13 aliphatic rings. The number of likely N-dealkylation sites (N-methyl/N-ethyl adjacent to an activating group) is 3. The number of carbonyl (C=O) groups excluding carboxylic acids is 7. The molecule has 6 bridgehead atoms. The van der Waals surface area contributed by atoms with Gasteiger partial charge in [0.05, 0.1) is 82.1 Å². The van der Waals surface area contributed by atoms with Crippen molar-refractivity contribution in [3.8, 4) is 46.0 Å². The molecule has 5 aromatic carbocycles. The largest absolute Gasteiger partial charge is 0.507 e. The summed E-state index contributed by atoms with van der Waals surface area (Å²) < 4.78 is 82.3. The Morgan fingerprint density at radius 1 is 0.615 bits per heavy atom. The van der Waals surface area contributed by atoms with Crippen molar-refractivity contribution in [1.82, 2.24) is 14.7 Å². The molecule has 10 N–H and O–H groups in total. The maximum absolute atomic E-state index is 14.8. The molecule has 7 heterocycles. The standard InChI is InChI=1S/C39H49NO16.C28H31NO10.C21H23NO5/c1-14-32(49-7)39(4,52-10)33(50-8)36(53-14)54-19-13-37(2,48)24(34(47)51-9)15-11-16-21(27(43)20(15)19)28(44)22-18(41)12-17-30(23(22)26(16)42)55-35-29(45)25(40(5)6)31(46)38(17,3)56-35;1-27(36)8-10-6-11-16(21(32)15(10)14(9-27)37-5)22(33)17-13(30)7-12-24(18(17)20(11)31)38-26-23(34)19(29(3)4)25(35)28(12,2)39-26;1-11(23)25-16-6-4-13-10-15-14-5-7-17(26-12(2)24)20-21(14,8-9-22(15)3)18(13)19(16)27-20/h11-12,14,19,24-25,29,31-33,35-36,41,43,45-46,48H,13H2,1-10H3;6-7,14,19,23,25-26,30,32,34-36H,8-9H2,1-5H3;4-7,14-15,17,20H,8-10H2,1-3H3/t14-,19-,24-,25-,29-,31+,32-,33-,35+,36-,37-,38+,39+;14-,19+,23+,25-,26-,27-,28-;14-,15+,17-,20-,21-/m010/s1. The van der Waals surface area contributed by atoms with Crippen LogP contribution in [0.3, 0.4) is 0 Å². The van der Waals surface area contributed by atoms with Gasteiger partial charge in [-0.3, -0.25) is 33.6 Å². The van der Waals surface area contributed by atoms with E-state index in [4.69, 9.17) is 66.3 Å². The molecule has 4 fully saturated rings. The molecule has 5 aromatic rings. The summed E-state index contributed by atoms with van der Waals surface area (Å²) in [4.78, 5) is 99.6. The van der Waals surface area contributed by atoms with Crippen LogP contribution in [-0.2, 0) is 91.2 Å². The van der Waals surface area contributed by atoms with Gasteiger partial charge in [0, 0.05) is 118 Å². The van der Waals surface area contributed by atoms with Crippen LogP contribution < -0.4 is 18.9 Å². The Labute approximate surface area is 701 Å². The Bertz CT molecular complexity index is 5290. The zero-order chi connectivity index (χ0) is 88.4. The first kappa shape index (κ1) is 86.4. The fourth-order valence-electron chi connectivity index (χ4n) is 22.2. The lowest BCUT2D eigenvalue weighted by Crippen LogP contribution is -2.68. The van der Waals surface area contributed by atoms with Crippen LogP contribution in [0.1, 0.15) is 201 Å². The number of rotatable bonds is 11. The predicted octanol–water partition coefficient (Wildman–Crippen LogP) is 4.00. The highest BCUT2D eigenvalue weighted by molar-refractivity contribution is 6.32. The van der Waals surface area contributed by atoms with Crippen molar-refractivity contribution in [3.63, 3.8) is 0 Å². The van der Waals surface area contributed by atoms with E-state index in [2.05, 4.69) is 24.1 Å². The number of aliphatic hydroxyl groups is 6. The molecule has 0 radical (unpaired) electrons. The highest BCUT2D eigenvalue weighted by atomic mass is 16.7. The first-order valence-electron chi connectivity index (χ1n) is 40.4. The number of aromatic hydroxyl groups is 4. The zero-order valence-corrected chi connectivity index (χ0v) is 70.7. The number of carbonyl (C=O) groups is 7. The van der Waals surface area contributed by atoms with Crippen molar-refractivity contribution in [2.45, 2.75) is 231 Å². The van der Waals surface area contributed by atoms with E-state index in [0.717, 1.165) is 38.1 Å². The third-order valence-electron chi connectivity index (χ3n) is 27.8. The molecule has 1 spiro atoms. The summed E-state index contributed by atoms with van der Waals surface area (Å²) in [6, 6.07) is 7.68. The molecule has 0 amide bonds. The highest BCUT2D eigenvalue weighted by Crippen LogP contribution is 2.65. The molecule has 4 saturated heterocycles. The molecular formula is C88H103N3O31. The Morgan fingerprint density at radius 3 is 1.67 bits per heavy atom. The van der Waals surface area contributed by atoms with E-state index >= 15 is 0 Å². The number of ketones is 4. The number of ether oxygens (including phenoxy) is 14. The predicted molar refractivity (Wildman–Crippen MR) is 421 cm³/mol. The maximum atomic E-state index is 14.8. The van der Waals surface area contributed by atoms with Crippen molar-refractivity contribution >= 4 is 41.0 Å². The Morgan fingerprint density at radius 2 is 1.16 bits per heavy atom. The SMILES string of the molecule is CC(=O)Oc1ccc2c3c1O[C@H]1[C@@H](OC(C)=O)C=C[C@H]4[C@@H](C2)N(C)CC[C@@]341.COC(=O)[C@@H]1c2cc3c(c(O)c2[C@@H](O[C@@H]2O[C@@H](C)[C@H](OC)[C@@](C)(OC)[C@H]2OC)C[C@]1(C)O)C(=O)c1c(O)cc2c(c1C3=O)O[C@@H]1O[C@@]2(C)[C@H](O)[C@@H](N(C)C)[C@@H]1O.CO[C@@H]1C[C@](C)(O)Cc2cc3c(c(O)c21)C(=O)c1c(O)cc2c(c1C3=O)O[C@@H]1O[C@@]2(C)[C@H](O)[C@@H](N(C)C)[C@@H]1O. The van der Waals surface area contributed by atoms with Crippen molar-refractivity contribution in [3.05, 3.63) is 138 Å². The fraction of sp³-hybridized carbons (Fsp3) is 0.557. The number of hydrogen-bond donors (Lipinski definition) is 10. The second kappa shape index (κ2) is 30.1. The lowest BCUT2D eigenvalue weighted by molar-refractivity contribution is -0.345. The second-order valence-electron chi connectivity index (χ2n) is 35.7. The number of phenolic OH excluding ortho intramolecular Hbond substituents is 4. The number of phenols is 4. The highest BCUT2D eigenvalue weighted by Gasteiger charge is 2.67. The topological polar surface area (TPSA) is 461 Å². The monoisotopic (exact) mass is 1700 g/mol. The van der Waals surface area contributed by atoms with E-state index in [1.54, 1.807) is 65.7 Å². The lowest BCUT2D eigenvalue weighted by atomic mass is 9.53. The van der Waals surface area contributed by atoms with Crippen LogP contribution in [0.5, 0.6) is 46.0 Å². The molecule has 7 aliphatic heterocycles. The number of nitrogens with zero attached hydrogens (tertiary/aromatic N) is 3. The van der Waals surface area contributed by atoms with Gasteiger partial charge in [0.2, 0.25) is 24.1 Å². The van der Waals surface area contributed by atoms with E-state index < -0.39 is 195 Å². The number of fused-ring (bicyclic) bond motifs is 16. The molecule has 656 valence electrons. The van der Waals surface area contributed by atoms with Crippen molar-refractivity contribution < 1.29 is 151 Å². The van der Waals surface area contributed by atoms with Crippen molar-refractivity contribution in [1.29, 1.82) is 0 Å². The minimum Gasteiger partial charge on any atom is -0.507 e. The van der Waals surface area contributed by atoms with Gasteiger partial charge >= 0.3 is 17.9 Å². The van der Waals surface area contributed by atoms with E-state index in [1.165, 1.54) is 79.9 Å². The summed E-state index contributed by atoms with van der Waals surface area (Å²) in [7, 11) is 15.8. The van der Waals surface area contributed by atoms with Crippen LogP contribution in [0, 0.1) is 5.92 Å². The van der Waals surface area contributed by atoms with Crippen LogP contribution in [0.15, 0.2) is 48.6 Å². The molecular weight excluding hydrogens is 1590 g/mol. The number of likely N-dealkylation sites (tertiary alicyclic amines) is 1. The number of hydrogen-bond acceptors (Lipinski definition) is 34. The van der Waals surface area contributed by atoms with Crippen LogP contribution in [0.2, 0.25) is 0 Å². The Balaban J connectivity index is 0.000000145. The van der Waals surface area contributed by atoms with E-state index in [1.807, 2.05) is 12.1 Å². The smallest absolute Gasteiger partial charge is 0.316 e. The molecule has 122 heavy (non-hydrogen) atoms. The van der Waals surface area contributed by atoms with Gasteiger partial charge in [-0.2, -0.15) is 0 Å². The average molecular weight is 1700 g/mol. The summed E-state index contributed by atoms with van der Waals surface area (Å²) in [6.45, 7) is 13.4. The minimum absolute atomic E-state index is 0.0417. The normalized spacial score (nSPS) is 36.6. The molecule has 34 nitrogen and oxygen atoms in total. The summed E-state index contributed by atoms with van der Waals surface area (Å²) in [5.74, 6) is -7.67. The van der Waals surface area contributed by atoms with E-state index in [0.29, 0.717) is 28.7 Å². The summed E-state index contributed by atoms with van der Waals surface area (Å²) >= 11 is 0. The molecule has 34 heteroatoms.